The molecule has 198 valence electrons. The van der Waals surface area contributed by atoms with Crippen LogP contribution in [0, 0.1) is 5.92 Å². The first-order valence-corrected chi connectivity index (χ1v) is 12.2. The Hall–Kier alpha value is -3.95. The highest BCUT2D eigenvalue weighted by Crippen LogP contribution is 2.34. The molecule has 1 aliphatic carbocycles. The van der Waals surface area contributed by atoms with Crippen LogP contribution in [-0.2, 0) is 16.1 Å². The number of nitrogens with one attached hydrogen (secondary N) is 1. The molecule has 0 radical (unpaired) electrons. The Kier molecular flexibility index (Phi) is 8.60. The average Bonchev–Trinajstić information content (AvgIpc) is 3.73. The van der Waals surface area contributed by atoms with Gasteiger partial charge in [-0.2, -0.15) is 13.2 Å². The van der Waals surface area contributed by atoms with Gasteiger partial charge in [0.2, 0.25) is 0 Å². The highest BCUT2D eigenvalue weighted by Gasteiger charge is 2.32. The predicted octanol–water partition coefficient (Wildman–Crippen LogP) is 5.78. The van der Waals surface area contributed by atoms with Crippen molar-refractivity contribution in [3.05, 3.63) is 107 Å². The summed E-state index contributed by atoms with van der Waals surface area (Å²) in [6, 6.07) is 23.3. The molecule has 6 nitrogen and oxygen atoms in total. The van der Waals surface area contributed by atoms with Crippen molar-refractivity contribution in [2.45, 2.75) is 31.7 Å². The van der Waals surface area contributed by atoms with Gasteiger partial charge in [0.1, 0.15) is 17.5 Å². The van der Waals surface area contributed by atoms with Gasteiger partial charge in [0.15, 0.2) is 0 Å². The zero-order valence-electron chi connectivity index (χ0n) is 20.6. The number of amides is 1. The van der Waals surface area contributed by atoms with E-state index in [-0.39, 0.29) is 18.3 Å². The van der Waals surface area contributed by atoms with Gasteiger partial charge in [0.25, 0.3) is 5.91 Å². The molecule has 5 N–H and O–H groups in total. The van der Waals surface area contributed by atoms with E-state index in [2.05, 4.69) is 10.3 Å². The fourth-order valence-corrected chi connectivity index (χ4v) is 3.77. The van der Waals surface area contributed by atoms with E-state index in [0.29, 0.717) is 29.9 Å². The molecular formula is C29H29F3N4O2. The maximum atomic E-state index is 13.2. The van der Waals surface area contributed by atoms with E-state index in [9.17, 15) is 18.0 Å². The number of aliphatic imine (C=N–C) groups is 1. The Balaban J connectivity index is 1.62. The summed E-state index contributed by atoms with van der Waals surface area (Å²) in [6.07, 6.45) is -2.37. The number of carbonyl (C=O) groups is 1. The number of nitrogens with two attached hydrogens (primary N) is 2. The Morgan fingerprint density at radius 1 is 1.03 bits per heavy atom. The fraction of sp³-hybridized carbons (Fsp3) is 0.241. The first-order chi connectivity index (χ1) is 18.2. The summed E-state index contributed by atoms with van der Waals surface area (Å²) in [5, 5.41) is 2.65. The summed E-state index contributed by atoms with van der Waals surface area (Å²) < 4.78 is 45.8. The van der Waals surface area contributed by atoms with Crippen molar-refractivity contribution in [3.8, 4) is 0 Å². The van der Waals surface area contributed by atoms with Crippen LogP contribution < -0.4 is 16.8 Å². The van der Waals surface area contributed by atoms with Crippen molar-refractivity contribution < 1.29 is 22.7 Å². The minimum atomic E-state index is -4.82. The van der Waals surface area contributed by atoms with E-state index in [0.717, 1.165) is 24.0 Å². The van der Waals surface area contributed by atoms with Crippen LogP contribution in [0.25, 0.3) is 0 Å². The summed E-state index contributed by atoms with van der Waals surface area (Å²) >= 11 is 0. The molecule has 1 fully saturated rings. The van der Waals surface area contributed by atoms with Crippen molar-refractivity contribution >= 4 is 23.0 Å². The van der Waals surface area contributed by atoms with Crippen LogP contribution in [0.3, 0.4) is 0 Å². The average molecular weight is 523 g/mol. The molecule has 0 heterocycles. The largest absolute Gasteiger partial charge is 0.430 e. The van der Waals surface area contributed by atoms with Crippen molar-refractivity contribution in [1.82, 2.24) is 0 Å². The smallest absolute Gasteiger partial charge is 0.395 e. The Bertz CT molecular complexity index is 1320. The molecule has 0 aromatic heterocycles. The SMILES string of the molecule is NCc1cccc(N=C(C=C(N)C(F)(F)F)C(=O)Nc2cccc(C(OCC3CC3)c3ccccc3)c2)c1. The van der Waals surface area contributed by atoms with Gasteiger partial charge in [-0.3, -0.25) is 4.79 Å². The topological polar surface area (TPSA) is 103 Å². The standard InChI is InChI=1S/C29H29F3N4O2/c30-29(31,32)26(34)16-25(35-23-10-4-6-20(14-23)17-33)28(37)36-24-11-5-9-22(15-24)27(38-18-19-12-13-19)21-7-2-1-3-8-21/h1-11,14-16,19,27H,12-13,17-18,33-34H2,(H,36,37). The number of hydrogen-bond donors (Lipinski definition) is 3. The van der Waals surface area contributed by atoms with E-state index in [1.165, 1.54) is 0 Å². The Morgan fingerprint density at radius 3 is 2.42 bits per heavy atom. The van der Waals surface area contributed by atoms with Crippen LogP contribution in [-0.4, -0.2) is 24.4 Å². The molecule has 4 rings (SSSR count). The first kappa shape index (κ1) is 27.1. The zero-order valence-corrected chi connectivity index (χ0v) is 20.6. The van der Waals surface area contributed by atoms with E-state index in [4.69, 9.17) is 16.2 Å². The molecule has 0 saturated heterocycles. The molecular weight excluding hydrogens is 493 g/mol. The van der Waals surface area contributed by atoms with Gasteiger partial charge < -0.3 is 21.5 Å². The highest BCUT2D eigenvalue weighted by atomic mass is 19.4. The van der Waals surface area contributed by atoms with Crippen LogP contribution in [0.4, 0.5) is 24.5 Å². The quantitative estimate of drug-likeness (QED) is 0.294. The Morgan fingerprint density at radius 2 is 1.74 bits per heavy atom. The van der Waals surface area contributed by atoms with Gasteiger partial charge in [-0.05, 0) is 65.8 Å². The van der Waals surface area contributed by atoms with Gasteiger partial charge >= 0.3 is 6.18 Å². The molecule has 0 aliphatic heterocycles. The number of carbonyl (C=O) groups excluding carboxylic acids is 1. The summed E-state index contributed by atoms with van der Waals surface area (Å²) in [5.41, 5.74) is 12.1. The van der Waals surface area contributed by atoms with Crippen molar-refractivity contribution in [2.75, 3.05) is 11.9 Å². The number of nitrogens with zero attached hydrogens (tertiary/aromatic N) is 1. The number of rotatable bonds is 10. The number of ether oxygens (including phenoxy) is 1. The van der Waals surface area contributed by atoms with Gasteiger partial charge in [-0.25, -0.2) is 4.99 Å². The van der Waals surface area contributed by atoms with Gasteiger partial charge in [-0.1, -0.05) is 54.6 Å². The van der Waals surface area contributed by atoms with Crippen LogP contribution in [0.15, 0.2) is 95.6 Å². The minimum Gasteiger partial charge on any atom is -0.395 e. The second-order valence-electron chi connectivity index (χ2n) is 9.12. The van der Waals surface area contributed by atoms with Gasteiger partial charge in [0.05, 0.1) is 12.3 Å². The van der Waals surface area contributed by atoms with Crippen LogP contribution in [0.1, 0.15) is 35.6 Å². The van der Waals surface area contributed by atoms with Crippen LogP contribution in [0.2, 0.25) is 0 Å². The lowest BCUT2D eigenvalue weighted by molar-refractivity contribution is -0.110. The van der Waals surface area contributed by atoms with Crippen LogP contribution >= 0.6 is 0 Å². The molecule has 1 atom stereocenters. The second kappa shape index (κ2) is 12.1. The predicted molar refractivity (Wildman–Crippen MR) is 142 cm³/mol. The molecule has 0 spiro atoms. The molecule has 1 unspecified atom stereocenters. The zero-order chi connectivity index (χ0) is 27.1. The molecule has 3 aromatic carbocycles. The normalized spacial score (nSPS) is 15.3. The second-order valence-corrected chi connectivity index (χ2v) is 9.12. The number of benzene rings is 3. The summed E-state index contributed by atoms with van der Waals surface area (Å²) in [5.74, 6) is -0.297. The lowest BCUT2D eigenvalue weighted by Crippen LogP contribution is -2.26. The number of allylic oxidation sites excluding steroid dienone is 1. The lowest BCUT2D eigenvalue weighted by Gasteiger charge is -2.20. The lowest BCUT2D eigenvalue weighted by atomic mass is 10.0. The van der Waals surface area contributed by atoms with E-state index in [1.807, 2.05) is 36.4 Å². The number of hydrogen-bond acceptors (Lipinski definition) is 5. The molecule has 1 amide bonds. The van der Waals surface area contributed by atoms with Crippen molar-refractivity contribution in [3.63, 3.8) is 0 Å². The highest BCUT2D eigenvalue weighted by molar-refractivity contribution is 6.47. The third kappa shape index (κ3) is 7.53. The number of halogens is 3. The summed E-state index contributed by atoms with van der Waals surface area (Å²) in [7, 11) is 0. The van der Waals surface area contributed by atoms with Gasteiger partial charge in [0, 0.05) is 12.2 Å². The molecule has 0 bridgehead atoms. The van der Waals surface area contributed by atoms with E-state index in [1.54, 1.807) is 42.5 Å². The maximum Gasteiger partial charge on any atom is 0.430 e. The first-order valence-electron chi connectivity index (χ1n) is 12.2. The third-order valence-corrected chi connectivity index (χ3v) is 5.99. The fourth-order valence-electron chi connectivity index (χ4n) is 3.77. The molecule has 1 saturated carbocycles. The van der Waals surface area contributed by atoms with Crippen molar-refractivity contribution in [2.24, 2.45) is 22.4 Å². The number of alkyl halides is 3. The number of anilines is 1. The molecule has 38 heavy (non-hydrogen) atoms. The Labute approximate surface area is 219 Å². The monoisotopic (exact) mass is 522 g/mol. The third-order valence-electron chi connectivity index (χ3n) is 5.99. The summed E-state index contributed by atoms with van der Waals surface area (Å²) in [4.78, 5) is 17.3. The molecule has 1 aliphatic rings. The van der Waals surface area contributed by atoms with E-state index < -0.39 is 23.5 Å². The molecule has 9 heteroatoms. The van der Waals surface area contributed by atoms with E-state index >= 15 is 0 Å². The summed E-state index contributed by atoms with van der Waals surface area (Å²) in [6.45, 7) is 0.833. The van der Waals surface area contributed by atoms with Crippen molar-refractivity contribution in [1.29, 1.82) is 0 Å². The van der Waals surface area contributed by atoms with Crippen LogP contribution in [0.5, 0.6) is 0 Å². The minimum absolute atomic E-state index is 0.212. The van der Waals surface area contributed by atoms with Gasteiger partial charge in [-0.15, -0.1) is 0 Å². The maximum absolute atomic E-state index is 13.2. The molecule has 3 aromatic rings.